The fourth-order valence-electron chi connectivity index (χ4n) is 3.04. The molecule has 1 saturated heterocycles. The van der Waals surface area contributed by atoms with Gasteiger partial charge < -0.3 is 24.3 Å². The molecule has 1 aliphatic rings. The van der Waals surface area contributed by atoms with Gasteiger partial charge in [0.25, 0.3) is 0 Å². The first-order valence-corrected chi connectivity index (χ1v) is 8.50. The number of ether oxygens (including phenoxy) is 1. The second-order valence-corrected chi connectivity index (χ2v) is 6.49. The van der Waals surface area contributed by atoms with Gasteiger partial charge in [-0.05, 0) is 12.1 Å². The summed E-state index contributed by atoms with van der Waals surface area (Å²) in [5.41, 5.74) is 1.05. The van der Waals surface area contributed by atoms with E-state index < -0.39 is 18.4 Å². The number of aliphatic imine (C=N–C) groups is 1. The van der Waals surface area contributed by atoms with Crippen molar-refractivity contribution < 1.29 is 19.4 Å². The number of hydrogen-bond acceptors (Lipinski definition) is 8. The van der Waals surface area contributed by atoms with Crippen molar-refractivity contribution in [2.75, 3.05) is 20.7 Å². The second kappa shape index (κ2) is 7.06. The zero-order valence-electron chi connectivity index (χ0n) is 14.9. The number of nitrogens with zero attached hydrogens (tertiary/aromatic N) is 6. The zero-order chi connectivity index (χ0) is 19.0. The molecule has 1 fully saturated rings. The Labute approximate surface area is 154 Å². The quantitative estimate of drug-likeness (QED) is 0.501. The first kappa shape index (κ1) is 17.6. The van der Waals surface area contributed by atoms with E-state index in [2.05, 4.69) is 20.1 Å². The summed E-state index contributed by atoms with van der Waals surface area (Å²) in [7, 11) is 3.73. The average Bonchev–Trinajstić information content (AvgIpc) is 3.37. The topological polar surface area (TPSA) is 122 Å². The van der Waals surface area contributed by atoms with Gasteiger partial charge in [-0.25, -0.2) is 19.6 Å². The van der Waals surface area contributed by atoms with Gasteiger partial charge in [0.05, 0.1) is 30.7 Å². The molecule has 10 nitrogen and oxygen atoms in total. The van der Waals surface area contributed by atoms with Crippen molar-refractivity contribution >= 4 is 23.2 Å². The number of aliphatic hydroxyl groups is 2. The molecular weight excluding hydrogens is 352 g/mol. The molecule has 3 aromatic heterocycles. The molecule has 4 rings (SSSR count). The third-order valence-corrected chi connectivity index (χ3v) is 4.29. The van der Waals surface area contributed by atoms with Crippen LogP contribution in [0.3, 0.4) is 0 Å². The maximum absolute atomic E-state index is 10.1. The number of hydrogen-bond donors (Lipinski definition) is 2. The summed E-state index contributed by atoms with van der Waals surface area (Å²) in [6.07, 6.45) is 2.90. The van der Waals surface area contributed by atoms with E-state index in [9.17, 15) is 10.2 Å². The van der Waals surface area contributed by atoms with Crippen LogP contribution in [0.5, 0.6) is 0 Å². The maximum Gasteiger partial charge on any atom is 0.168 e. The molecule has 0 radical (unpaired) electrons. The van der Waals surface area contributed by atoms with Crippen LogP contribution >= 0.6 is 0 Å². The first-order chi connectivity index (χ1) is 13.1. The van der Waals surface area contributed by atoms with Gasteiger partial charge in [0.2, 0.25) is 0 Å². The van der Waals surface area contributed by atoms with Crippen molar-refractivity contribution in [3.8, 4) is 11.5 Å². The molecule has 142 valence electrons. The zero-order valence-corrected chi connectivity index (χ0v) is 14.9. The summed E-state index contributed by atoms with van der Waals surface area (Å²) in [5.74, 6) is 0.996. The van der Waals surface area contributed by atoms with Gasteiger partial charge in [-0.2, -0.15) is 5.10 Å². The molecule has 0 saturated carbocycles. The highest BCUT2D eigenvalue weighted by Gasteiger charge is 2.36. The lowest BCUT2D eigenvalue weighted by atomic mass is 10.2. The van der Waals surface area contributed by atoms with Gasteiger partial charge in [0, 0.05) is 20.5 Å². The summed E-state index contributed by atoms with van der Waals surface area (Å²) >= 11 is 0. The number of aliphatic hydroxyl groups excluding tert-OH is 2. The Morgan fingerprint density at radius 1 is 1.41 bits per heavy atom. The van der Waals surface area contributed by atoms with Crippen molar-refractivity contribution in [2.24, 2.45) is 4.99 Å². The Kier molecular flexibility index (Phi) is 4.60. The molecule has 3 unspecified atom stereocenters. The minimum absolute atomic E-state index is 0.269. The molecule has 3 atom stereocenters. The fraction of sp³-hybridized carbons (Fsp3) is 0.412. The Morgan fingerprint density at radius 2 is 2.26 bits per heavy atom. The van der Waals surface area contributed by atoms with Gasteiger partial charge >= 0.3 is 0 Å². The van der Waals surface area contributed by atoms with Gasteiger partial charge in [-0.15, -0.1) is 0 Å². The Bertz CT molecular complexity index is 952. The first-order valence-electron chi connectivity index (χ1n) is 8.50. The van der Waals surface area contributed by atoms with E-state index >= 15 is 0 Å². The number of fused-ring (bicyclic) bond motifs is 1. The summed E-state index contributed by atoms with van der Waals surface area (Å²) < 4.78 is 12.9. The monoisotopic (exact) mass is 372 g/mol. The standard InChI is InChI=1S/C17H20N6O4/c1-22(2)9-20-16-14-15(11-4-3-5-26-11)21-23(17(14)19-8-18-16)13-6-10(25)12(7-24)27-13/h3-5,8-10,12-13,24-25H,6-7H2,1-2H3/b20-9-. The highest BCUT2D eigenvalue weighted by atomic mass is 16.5. The van der Waals surface area contributed by atoms with Crippen molar-refractivity contribution in [2.45, 2.75) is 24.9 Å². The normalized spacial score (nSPS) is 22.9. The number of rotatable bonds is 5. The molecule has 0 aromatic carbocycles. The van der Waals surface area contributed by atoms with Crippen LogP contribution in [0.15, 0.2) is 34.1 Å². The summed E-state index contributed by atoms with van der Waals surface area (Å²) in [4.78, 5) is 14.8. The molecule has 0 amide bonds. The molecule has 10 heteroatoms. The maximum atomic E-state index is 10.1. The Morgan fingerprint density at radius 3 is 2.93 bits per heavy atom. The summed E-state index contributed by atoms with van der Waals surface area (Å²) in [6, 6.07) is 3.56. The molecule has 3 aromatic rings. The van der Waals surface area contributed by atoms with Crippen LogP contribution in [0.25, 0.3) is 22.5 Å². The minimum Gasteiger partial charge on any atom is -0.463 e. The average molecular weight is 372 g/mol. The third-order valence-electron chi connectivity index (χ3n) is 4.29. The van der Waals surface area contributed by atoms with E-state index in [0.29, 0.717) is 34.7 Å². The van der Waals surface area contributed by atoms with Crippen LogP contribution < -0.4 is 0 Å². The smallest absolute Gasteiger partial charge is 0.168 e. The van der Waals surface area contributed by atoms with Crippen molar-refractivity contribution in [1.29, 1.82) is 0 Å². The van der Waals surface area contributed by atoms with Crippen molar-refractivity contribution in [3.63, 3.8) is 0 Å². The van der Waals surface area contributed by atoms with Crippen LogP contribution in [0, 0.1) is 0 Å². The second-order valence-electron chi connectivity index (χ2n) is 6.49. The lowest BCUT2D eigenvalue weighted by Crippen LogP contribution is -2.24. The molecule has 27 heavy (non-hydrogen) atoms. The van der Waals surface area contributed by atoms with E-state index in [1.54, 1.807) is 34.3 Å². The largest absolute Gasteiger partial charge is 0.463 e. The highest BCUT2D eigenvalue weighted by molar-refractivity contribution is 5.97. The Balaban J connectivity index is 1.88. The van der Waals surface area contributed by atoms with Crippen LogP contribution in [0.4, 0.5) is 5.82 Å². The molecule has 4 heterocycles. The SMILES string of the molecule is CN(C)/C=N\c1ncnc2c1c(-c1ccco1)nn2C1CC(O)C(CO)O1. The van der Waals surface area contributed by atoms with E-state index in [4.69, 9.17) is 9.15 Å². The molecular formula is C17H20N6O4. The lowest BCUT2D eigenvalue weighted by molar-refractivity contribution is -0.0469. The highest BCUT2D eigenvalue weighted by Crippen LogP contribution is 2.37. The van der Waals surface area contributed by atoms with Crippen LogP contribution in [0.2, 0.25) is 0 Å². The van der Waals surface area contributed by atoms with Crippen molar-refractivity contribution in [1.82, 2.24) is 24.6 Å². The van der Waals surface area contributed by atoms with Gasteiger partial charge in [-0.1, -0.05) is 0 Å². The van der Waals surface area contributed by atoms with E-state index in [0.717, 1.165) is 0 Å². The predicted molar refractivity (Wildman–Crippen MR) is 96.5 cm³/mol. The molecule has 1 aliphatic heterocycles. The third kappa shape index (κ3) is 3.18. The number of furan rings is 1. The fourth-order valence-corrected chi connectivity index (χ4v) is 3.04. The van der Waals surface area contributed by atoms with Gasteiger partial charge in [0.15, 0.2) is 23.5 Å². The summed E-state index contributed by atoms with van der Waals surface area (Å²) in [5, 5.41) is 24.7. The lowest BCUT2D eigenvalue weighted by Gasteiger charge is -2.12. The minimum atomic E-state index is -0.778. The van der Waals surface area contributed by atoms with Crippen LogP contribution in [-0.2, 0) is 4.74 Å². The Hall–Kier alpha value is -2.82. The van der Waals surface area contributed by atoms with Crippen LogP contribution in [0.1, 0.15) is 12.6 Å². The predicted octanol–water partition coefficient (Wildman–Crippen LogP) is 0.948. The van der Waals surface area contributed by atoms with Crippen LogP contribution in [-0.4, -0.2) is 74.1 Å². The molecule has 2 N–H and O–H groups in total. The van der Waals surface area contributed by atoms with Crippen molar-refractivity contribution in [3.05, 3.63) is 24.7 Å². The molecule has 0 aliphatic carbocycles. The number of aromatic nitrogens is 4. The molecule has 0 spiro atoms. The summed E-state index contributed by atoms with van der Waals surface area (Å²) in [6.45, 7) is -0.269. The molecule has 0 bridgehead atoms. The van der Waals surface area contributed by atoms with E-state index in [1.165, 1.54) is 6.33 Å². The van der Waals surface area contributed by atoms with E-state index in [1.807, 2.05) is 14.1 Å². The van der Waals surface area contributed by atoms with Gasteiger partial charge in [0.1, 0.15) is 18.1 Å². The van der Waals surface area contributed by atoms with Gasteiger partial charge in [-0.3, -0.25) is 0 Å². The van der Waals surface area contributed by atoms with E-state index in [-0.39, 0.29) is 6.61 Å².